The zero-order chi connectivity index (χ0) is 43.1. The lowest BCUT2D eigenvalue weighted by Gasteiger charge is -2.37. The lowest BCUT2D eigenvalue weighted by molar-refractivity contribution is -0.0363. The maximum Gasteiger partial charge on any atom is 0.349 e. The van der Waals surface area contributed by atoms with Crippen LogP contribution < -0.4 is 20.5 Å². The number of carbonyl (C=O) groups excluding carboxylic acids is 1. The molecule has 15 heteroatoms. The SMILES string of the molecule is COc1ccc(C(OCC(Cn2ccc(NC(=O)c3ccccc3)nc2=O)O[P@@]2O[C@H](CS(=O)(=O)c3ccccc3)[C@@H]3CCCN32)(c2ccccc2)c2ccc(OC)cc2)cc1. The number of methoxy groups -OCH3 is 2. The minimum absolute atomic E-state index is 0.0114. The van der Waals surface area contributed by atoms with Crippen molar-refractivity contribution in [3.05, 3.63) is 185 Å². The third-order valence-electron chi connectivity index (χ3n) is 11.1. The van der Waals surface area contributed by atoms with E-state index in [4.69, 9.17) is 23.3 Å². The van der Waals surface area contributed by atoms with Crippen LogP contribution in [0.5, 0.6) is 11.5 Å². The number of sulfone groups is 1. The zero-order valence-corrected chi connectivity index (χ0v) is 36.0. The van der Waals surface area contributed by atoms with Crippen molar-refractivity contribution in [2.24, 2.45) is 0 Å². The normalized spacial score (nSPS) is 18.2. The molecule has 320 valence electrons. The minimum Gasteiger partial charge on any atom is -0.497 e. The molecule has 2 saturated heterocycles. The summed E-state index contributed by atoms with van der Waals surface area (Å²) in [5.41, 5.74) is 1.05. The van der Waals surface area contributed by atoms with Crippen molar-refractivity contribution in [1.29, 1.82) is 0 Å². The zero-order valence-electron chi connectivity index (χ0n) is 34.3. The van der Waals surface area contributed by atoms with Crippen LogP contribution in [-0.2, 0) is 35.8 Å². The van der Waals surface area contributed by atoms with Crippen LogP contribution in [0.3, 0.4) is 0 Å². The number of hydrogen-bond acceptors (Lipinski definition) is 11. The monoisotopic (exact) mass is 874 g/mol. The fraction of sp³-hybridized carbons (Fsp3) is 0.255. The van der Waals surface area contributed by atoms with Crippen LogP contribution in [0, 0.1) is 0 Å². The topological polar surface area (TPSA) is 148 Å². The Labute approximate surface area is 362 Å². The van der Waals surface area contributed by atoms with Gasteiger partial charge in [0.25, 0.3) is 14.4 Å². The Balaban J connectivity index is 1.14. The second-order valence-corrected chi connectivity index (χ2v) is 18.4. The second-order valence-electron chi connectivity index (χ2n) is 15.0. The van der Waals surface area contributed by atoms with Gasteiger partial charge >= 0.3 is 5.69 Å². The van der Waals surface area contributed by atoms with Crippen LogP contribution in [0.25, 0.3) is 0 Å². The van der Waals surface area contributed by atoms with Gasteiger partial charge in [0.05, 0.1) is 44.1 Å². The molecule has 5 aromatic carbocycles. The van der Waals surface area contributed by atoms with Gasteiger partial charge in [0.15, 0.2) is 9.84 Å². The molecule has 0 saturated carbocycles. The highest BCUT2D eigenvalue weighted by molar-refractivity contribution is 7.91. The summed E-state index contributed by atoms with van der Waals surface area (Å²) in [7, 11) is -2.24. The molecule has 13 nitrogen and oxygen atoms in total. The molecule has 1 unspecified atom stereocenters. The van der Waals surface area contributed by atoms with Gasteiger partial charge in [0.1, 0.15) is 29.0 Å². The van der Waals surface area contributed by atoms with Gasteiger partial charge in [-0.2, -0.15) is 4.98 Å². The van der Waals surface area contributed by atoms with Crippen LogP contribution in [0.1, 0.15) is 39.9 Å². The van der Waals surface area contributed by atoms with Crippen LogP contribution in [-0.4, -0.2) is 79.9 Å². The molecule has 2 aliphatic heterocycles. The van der Waals surface area contributed by atoms with E-state index in [-0.39, 0.29) is 35.7 Å². The Hall–Kier alpha value is -5.73. The molecule has 2 aliphatic rings. The molecule has 0 bridgehead atoms. The van der Waals surface area contributed by atoms with Gasteiger partial charge < -0.3 is 28.6 Å². The Morgan fingerprint density at radius 1 is 0.823 bits per heavy atom. The summed E-state index contributed by atoms with van der Waals surface area (Å²) in [6.07, 6.45) is 1.71. The summed E-state index contributed by atoms with van der Waals surface area (Å²) in [5, 5.41) is 2.70. The summed E-state index contributed by atoms with van der Waals surface area (Å²) in [6, 6.07) is 43.6. The average molecular weight is 875 g/mol. The van der Waals surface area contributed by atoms with E-state index in [1.54, 1.807) is 81.1 Å². The number of hydrogen-bond donors (Lipinski definition) is 1. The first kappa shape index (κ1) is 42.9. The number of fused-ring (bicyclic) bond motifs is 1. The van der Waals surface area contributed by atoms with Crippen molar-refractivity contribution in [2.45, 2.75) is 48.1 Å². The van der Waals surface area contributed by atoms with E-state index >= 15 is 0 Å². The summed E-state index contributed by atoms with van der Waals surface area (Å²) in [6.45, 7) is 0.594. The average Bonchev–Trinajstić information content (AvgIpc) is 3.92. The molecule has 62 heavy (non-hydrogen) atoms. The second kappa shape index (κ2) is 19.1. The predicted molar refractivity (Wildman–Crippen MR) is 236 cm³/mol. The number of nitrogens with one attached hydrogen (secondary N) is 1. The Bertz CT molecular complexity index is 2560. The molecule has 0 spiro atoms. The van der Waals surface area contributed by atoms with E-state index in [0.717, 1.165) is 29.5 Å². The highest BCUT2D eigenvalue weighted by Crippen LogP contribution is 2.57. The summed E-state index contributed by atoms with van der Waals surface area (Å²) in [4.78, 5) is 31.1. The van der Waals surface area contributed by atoms with E-state index in [0.29, 0.717) is 23.6 Å². The van der Waals surface area contributed by atoms with Crippen molar-refractivity contribution >= 4 is 30.1 Å². The highest BCUT2D eigenvalue weighted by atomic mass is 32.2. The molecule has 3 heterocycles. The Morgan fingerprint density at radius 2 is 1.40 bits per heavy atom. The van der Waals surface area contributed by atoms with Crippen LogP contribution in [0.2, 0.25) is 0 Å². The number of benzene rings is 5. The quantitative estimate of drug-likeness (QED) is 0.0719. The maximum absolute atomic E-state index is 13.7. The van der Waals surface area contributed by atoms with Crippen LogP contribution in [0.15, 0.2) is 161 Å². The Kier molecular flexibility index (Phi) is 13.2. The molecule has 2 fully saturated rings. The maximum atomic E-state index is 13.7. The minimum atomic E-state index is -3.67. The van der Waals surface area contributed by atoms with Crippen molar-refractivity contribution in [3.63, 3.8) is 0 Å². The molecular formula is C47H47N4O9PS. The van der Waals surface area contributed by atoms with Gasteiger partial charge in [0.2, 0.25) is 0 Å². The summed E-state index contributed by atoms with van der Waals surface area (Å²) >= 11 is 0. The predicted octanol–water partition coefficient (Wildman–Crippen LogP) is 7.47. The molecule has 6 aromatic rings. The first-order valence-electron chi connectivity index (χ1n) is 20.3. The van der Waals surface area contributed by atoms with E-state index in [2.05, 4.69) is 15.0 Å². The fourth-order valence-corrected chi connectivity index (χ4v) is 11.5. The van der Waals surface area contributed by atoms with Crippen molar-refractivity contribution in [3.8, 4) is 11.5 Å². The number of anilines is 1. The van der Waals surface area contributed by atoms with Gasteiger partial charge in [0, 0.05) is 24.3 Å². The first-order chi connectivity index (χ1) is 30.2. The number of ether oxygens (including phenoxy) is 3. The summed E-state index contributed by atoms with van der Waals surface area (Å²) in [5.74, 6) is 0.845. The van der Waals surface area contributed by atoms with E-state index < -0.39 is 47.8 Å². The number of amides is 1. The van der Waals surface area contributed by atoms with E-state index in [1.165, 1.54) is 4.57 Å². The smallest absolute Gasteiger partial charge is 0.349 e. The Morgan fingerprint density at radius 3 is 2.00 bits per heavy atom. The van der Waals surface area contributed by atoms with Gasteiger partial charge in [-0.15, -0.1) is 0 Å². The number of aromatic nitrogens is 2. The number of rotatable bonds is 17. The lowest BCUT2D eigenvalue weighted by atomic mass is 9.80. The molecule has 1 N–H and O–H groups in total. The van der Waals surface area contributed by atoms with Crippen LogP contribution >= 0.6 is 8.53 Å². The highest BCUT2D eigenvalue weighted by Gasteiger charge is 2.49. The van der Waals surface area contributed by atoms with Gasteiger partial charge in [-0.1, -0.05) is 91.0 Å². The number of carbonyl (C=O) groups is 1. The van der Waals surface area contributed by atoms with Gasteiger partial charge in [-0.25, -0.2) is 17.9 Å². The standard InChI is InChI=1S/C47H47N4O9PS/c1-56-38-24-20-36(21-25-38)47(35-15-8-4-9-16-35,37-22-26-39(57-2)27-23-37)58-32-40(31-50-30-28-44(49-46(50)53)48-45(52)34-13-6-3-7-14-34)59-61-51-29-12-19-42(51)43(60-61)33-62(54,55)41-17-10-5-11-18-41/h3-11,13-18,20-28,30,40,42-43H,12,19,29,31-33H2,1-2H3,(H,48,49,52,53)/t40?,42-,43+,61-/m0/s1. The molecule has 8 rings (SSSR count). The largest absolute Gasteiger partial charge is 0.497 e. The molecule has 1 aromatic heterocycles. The van der Waals surface area contributed by atoms with Crippen molar-refractivity contribution < 1.29 is 36.5 Å². The van der Waals surface area contributed by atoms with Crippen molar-refractivity contribution in [2.75, 3.05) is 38.4 Å². The molecule has 0 aliphatic carbocycles. The van der Waals surface area contributed by atoms with Crippen molar-refractivity contribution in [1.82, 2.24) is 14.2 Å². The fourth-order valence-electron chi connectivity index (χ4n) is 7.94. The molecule has 0 radical (unpaired) electrons. The van der Waals surface area contributed by atoms with Gasteiger partial charge in [-0.05, 0) is 84.1 Å². The third-order valence-corrected chi connectivity index (χ3v) is 14.7. The van der Waals surface area contributed by atoms with Gasteiger partial charge in [-0.3, -0.25) is 9.36 Å². The van der Waals surface area contributed by atoms with E-state index in [9.17, 15) is 18.0 Å². The lowest BCUT2D eigenvalue weighted by Crippen LogP contribution is -2.39. The first-order valence-corrected chi connectivity index (χ1v) is 23.1. The summed E-state index contributed by atoms with van der Waals surface area (Å²) < 4.78 is 62.6. The third kappa shape index (κ3) is 9.36. The van der Waals surface area contributed by atoms with E-state index in [1.807, 2.05) is 84.9 Å². The van der Waals surface area contributed by atoms with Crippen LogP contribution in [0.4, 0.5) is 5.82 Å². The molecule has 4 atom stereocenters. The molecule has 1 amide bonds. The molecular weight excluding hydrogens is 828 g/mol. The number of nitrogens with zero attached hydrogens (tertiary/aromatic N) is 3.